The number of oxazole rings is 1. The fourth-order valence-electron chi connectivity index (χ4n) is 1.45. The van der Waals surface area contributed by atoms with Gasteiger partial charge in [0.1, 0.15) is 5.52 Å². The molecule has 0 amide bonds. The third-order valence-corrected chi connectivity index (χ3v) is 4.97. The zero-order valence-electron chi connectivity index (χ0n) is 9.92. The van der Waals surface area contributed by atoms with Crippen LogP contribution in [0.1, 0.15) is 6.92 Å². The van der Waals surface area contributed by atoms with Crippen molar-refractivity contribution < 1.29 is 12.8 Å². The van der Waals surface area contributed by atoms with Crippen LogP contribution in [0.4, 0.5) is 5.69 Å². The smallest absolute Gasteiger partial charge is 0.316 e. The summed E-state index contributed by atoms with van der Waals surface area (Å²) in [5, 5.41) is -0.222. The molecule has 0 atom stereocenters. The van der Waals surface area contributed by atoms with Gasteiger partial charge in [-0.3, -0.25) is 0 Å². The Bertz CT molecular complexity index is 649. The summed E-state index contributed by atoms with van der Waals surface area (Å²) in [4.78, 5) is 3.98. The molecule has 0 aliphatic rings. The number of nitrogen functional groups attached to an aromatic ring is 1. The van der Waals surface area contributed by atoms with Crippen molar-refractivity contribution >= 4 is 38.4 Å². The number of anilines is 1. The molecule has 2 aromatic rings. The van der Waals surface area contributed by atoms with Crippen molar-refractivity contribution in [3.8, 4) is 0 Å². The summed E-state index contributed by atoms with van der Waals surface area (Å²) in [7, 11) is -3.45. The number of fused-ring (bicyclic) bond motifs is 1. The minimum atomic E-state index is -3.45. The quantitative estimate of drug-likeness (QED) is 0.667. The van der Waals surface area contributed by atoms with Gasteiger partial charge in [-0.15, -0.1) is 0 Å². The van der Waals surface area contributed by atoms with Crippen LogP contribution < -0.4 is 5.73 Å². The molecular formula is C11H14N2O3S2. The minimum absolute atomic E-state index is 0.0355. The highest BCUT2D eigenvalue weighted by molar-refractivity contribution is 8.00. The Kier molecular flexibility index (Phi) is 3.82. The van der Waals surface area contributed by atoms with Gasteiger partial charge in [0.2, 0.25) is 9.84 Å². The van der Waals surface area contributed by atoms with Crippen LogP contribution in [-0.4, -0.2) is 30.7 Å². The molecule has 7 heteroatoms. The van der Waals surface area contributed by atoms with Gasteiger partial charge < -0.3 is 10.2 Å². The van der Waals surface area contributed by atoms with E-state index in [2.05, 4.69) is 4.98 Å². The Morgan fingerprint density at radius 1 is 1.44 bits per heavy atom. The van der Waals surface area contributed by atoms with E-state index < -0.39 is 9.84 Å². The van der Waals surface area contributed by atoms with Gasteiger partial charge in [-0.2, -0.15) is 16.7 Å². The maximum atomic E-state index is 12.0. The van der Waals surface area contributed by atoms with E-state index >= 15 is 0 Å². The average molecular weight is 286 g/mol. The molecule has 5 nitrogen and oxygen atoms in total. The molecule has 98 valence electrons. The van der Waals surface area contributed by atoms with E-state index in [-0.39, 0.29) is 11.0 Å². The number of nitrogens with zero attached hydrogens (tertiary/aromatic N) is 1. The van der Waals surface area contributed by atoms with Crippen molar-refractivity contribution in [1.29, 1.82) is 0 Å². The second-order valence-corrected chi connectivity index (χ2v) is 7.10. The van der Waals surface area contributed by atoms with Gasteiger partial charge >= 0.3 is 5.22 Å². The van der Waals surface area contributed by atoms with Gasteiger partial charge in [-0.1, -0.05) is 6.92 Å². The molecule has 1 aromatic heterocycles. The van der Waals surface area contributed by atoms with Crippen molar-refractivity contribution in [2.24, 2.45) is 0 Å². The van der Waals surface area contributed by atoms with Crippen LogP contribution in [-0.2, 0) is 9.84 Å². The number of rotatable bonds is 5. The van der Waals surface area contributed by atoms with Gasteiger partial charge in [-0.05, 0) is 17.9 Å². The third kappa shape index (κ3) is 2.78. The van der Waals surface area contributed by atoms with Crippen LogP contribution in [0.25, 0.3) is 11.1 Å². The maximum absolute atomic E-state index is 12.0. The highest BCUT2D eigenvalue weighted by atomic mass is 32.2. The topological polar surface area (TPSA) is 86.2 Å². The summed E-state index contributed by atoms with van der Waals surface area (Å²) in [6.45, 7) is 1.99. The van der Waals surface area contributed by atoms with Crippen LogP contribution in [0.2, 0.25) is 0 Å². The van der Waals surface area contributed by atoms with Crippen LogP contribution >= 0.6 is 11.8 Å². The summed E-state index contributed by atoms with van der Waals surface area (Å²) in [5.74, 6) is 1.47. The second kappa shape index (κ2) is 5.19. The fraction of sp³-hybridized carbons (Fsp3) is 0.364. The molecule has 1 heterocycles. The lowest BCUT2D eigenvalue weighted by Crippen LogP contribution is -2.09. The first-order valence-corrected chi connectivity index (χ1v) is 8.30. The maximum Gasteiger partial charge on any atom is 0.316 e. The summed E-state index contributed by atoms with van der Waals surface area (Å²) in [6, 6.07) is 4.88. The van der Waals surface area contributed by atoms with Gasteiger partial charge in [0, 0.05) is 17.5 Å². The highest BCUT2D eigenvalue weighted by Crippen LogP contribution is 2.22. The SMILES string of the molecule is CCSCCS(=O)(=O)c1nc2ccc(N)cc2o1. The van der Waals surface area contributed by atoms with E-state index in [0.29, 0.717) is 22.5 Å². The van der Waals surface area contributed by atoms with Crippen molar-refractivity contribution in [1.82, 2.24) is 4.98 Å². The highest BCUT2D eigenvalue weighted by Gasteiger charge is 2.21. The third-order valence-electron chi connectivity index (χ3n) is 2.36. The largest absolute Gasteiger partial charge is 0.428 e. The predicted molar refractivity (Wildman–Crippen MR) is 73.5 cm³/mol. The summed E-state index contributed by atoms with van der Waals surface area (Å²) in [6.07, 6.45) is 0. The molecule has 0 radical (unpaired) electrons. The number of benzene rings is 1. The van der Waals surface area contributed by atoms with E-state index in [4.69, 9.17) is 10.2 Å². The van der Waals surface area contributed by atoms with E-state index in [1.807, 2.05) is 6.92 Å². The van der Waals surface area contributed by atoms with E-state index in [9.17, 15) is 8.42 Å². The minimum Gasteiger partial charge on any atom is -0.428 e. The van der Waals surface area contributed by atoms with Gasteiger partial charge in [0.05, 0.1) is 5.75 Å². The van der Waals surface area contributed by atoms with Crippen LogP contribution in [0.15, 0.2) is 27.8 Å². The lowest BCUT2D eigenvalue weighted by Gasteiger charge is -1.98. The predicted octanol–water partition coefficient (Wildman–Crippen LogP) is 1.94. The molecule has 0 bridgehead atoms. The molecule has 1 aromatic carbocycles. The summed E-state index contributed by atoms with van der Waals surface area (Å²) < 4.78 is 29.2. The second-order valence-electron chi connectivity index (χ2n) is 3.72. The summed E-state index contributed by atoms with van der Waals surface area (Å²) >= 11 is 1.57. The number of hydrogen-bond donors (Lipinski definition) is 1. The number of nitrogens with two attached hydrogens (primary N) is 1. The molecule has 0 aliphatic heterocycles. The standard InChI is InChI=1S/C11H14N2O3S2/c1-2-17-5-6-18(14,15)11-13-9-4-3-8(12)7-10(9)16-11/h3-4,7H,2,5-6,12H2,1H3. The number of sulfone groups is 1. The number of aromatic nitrogens is 1. The molecule has 0 saturated carbocycles. The van der Waals surface area contributed by atoms with E-state index in [0.717, 1.165) is 5.75 Å². The molecule has 2 rings (SSSR count). The van der Waals surface area contributed by atoms with E-state index in [1.165, 1.54) is 0 Å². The first kappa shape index (κ1) is 13.2. The molecule has 0 aliphatic carbocycles. The molecule has 18 heavy (non-hydrogen) atoms. The Labute approximate surface area is 110 Å². The van der Waals surface area contributed by atoms with E-state index in [1.54, 1.807) is 30.0 Å². The molecule has 0 spiro atoms. The monoisotopic (exact) mass is 286 g/mol. The Morgan fingerprint density at radius 2 is 2.22 bits per heavy atom. The number of thioether (sulfide) groups is 1. The van der Waals surface area contributed by atoms with Gasteiger partial charge in [0.15, 0.2) is 5.58 Å². The zero-order chi connectivity index (χ0) is 13.2. The van der Waals surface area contributed by atoms with Gasteiger partial charge in [0.25, 0.3) is 0 Å². The molecule has 2 N–H and O–H groups in total. The summed E-state index contributed by atoms with van der Waals surface area (Å²) in [5.41, 5.74) is 7.02. The average Bonchev–Trinajstić information content (AvgIpc) is 2.72. The Morgan fingerprint density at radius 3 is 2.94 bits per heavy atom. The number of hydrogen-bond acceptors (Lipinski definition) is 6. The van der Waals surface area contributed by atoms with Crippen molar-refractivity contribution in [2.45, 2.75) is 12.1 Å². The fourth-order valence-corrected chi connectivity index (χ4v) is 3.72. The van der Waals surface area contributed by atoms with Crippen molar-refractivity contribution in [2.75, 3.05) is 23.0 Å². The zero-order valence-corrected chi connectivity index (χ0v) is 11.6. The lowest BCUT2D eigenvalue weighted by atomic mass is 10.3. The Balaban J connectivity index is 2.30. The lowest BCUT2D eigenvalue weighted by molar-refractivity contribution is 0.459. The van der Waals surface area contributed by atoms with Crippen LogP contribution in [0.3, 0.4) is 0 Å². The molecule has 0 saturated heterocycles. The van der Waals surface area contributed by atoms with Crippen molar-refractivity contribution in [3.63, 3.8) is 0 Å². The van der Waals surface area contributed by atoms with Crippen LogP contribution in [0.5, 0.6) is 0 Å². The first-order chi connectivity index (χ1) is 8.53. The molecular weight excluding hydrogens is 272 g/mol. The van der Waals surface area contributed by atoms with Crippen LogP contribution in [0, 0.1) is 0 Å². The van der Waals surface area contributed by atoms with Gasteiger partial charge in [-0.25, -0.2) is 8.42 Å². The molecule has 0 unspecified atom stereocenters. The Hall–Kier alpha value is -1.21. The normalized spacial score (nSPS) is 12.1. The first-order valence-electron chi connectivity index (χ1n) is 5.49. The molecule has 0 fully saturated rings. The van der Waals surface area contributed by atoms with Crippen molar-refractivity contribution in [3.05, 3.63) is 18.2 Å².